The van der Waals surface area contributed by atoms with Gasteiger partial charge in [-0.05, 0) is 38.6 Å². The number of hydrogen-bond acceptors (Lipinski definition) is 7. The second-order valence-corrected chi connectivity index (χ2v) is 6.51. The van der Waals surface area contributed by atoms with Gasteiger partial charge in [0.2, 0.25) is 11.8 Å². The molecule has 0 saturated carbocycles. The van der Waals surface area contributed by atoms with Crippen molar-refractivity contribution in [1.29, 1.82) is 0 Å². The Bertz CT molecular complexity index is 956. The van der Waals surface area contributed by atoms with Crippen LogP contribution in [0, 0.1) is 12.7 Å². The monoisotopic (exact) mass is 421 g/mol. The van der Waals surface area contributed by atoms with Gasteiger partial charge in [0.05, 0.1) is 20.3 Å². The van der Waals surface area contributed by atoms with Crippen LogP contribution in [0.25, 0.3) is 0 Å². The molecule has 1 heterocycles. The summed E-state index contributed by atoms with van der Waals surface area (Å²) in [6.45, 7) is 3.35. The van der Waals surface area contributed by atoms with Gasteiger partial charge in [0.1, 0.15) is 16.9 Å². The third-order valence-corrected chi connectivity index (χ3v) is 4.15. The lowest BCUT2D eigenvalue weighted by molar-refractivity contribution is -0.117. The SMILES string of the molecule is CCOC(=O)c1c(C)oc(NC(=O)CN(C)Cc2ccc(OC)c(F)c2)c1C(N)=O. The van der Waals surface area contributed by atoms with Crippen LogP contribution in [-0.4, -0.2) is 50.0 Å². The second-order valence-electron chi connectivity index (χ2n) is 6.51. The minimum absolute atomic E-state index is 0.0969. The van der Waals surface area contributed by atoms with Gasteiger partial charge in [-0.25, -0.2) is 9.18 Å². The molecule has 0 saturated heterocycles. The number of aryl methyl sites for hydroxylation is 1. The molecule has 0 aliphatic heterocycles. The van der Waals surface area contributed by atoms with Crippen LogP contribution in [0.2, 0.25) is 0 Å². The van der Waals surface area contributed by atoms with Gasteiger partial charge in [0, 0.05) is 6.54 Å². The normalized spacial score (nSPS) is 10.7. The van der Waals surface area contributed by atoms with E-state index in [0.29, 0.717) is 5.56 Å². The van der Waals surface area contributed by atoms with Crippen LogP contribution in [0.4, 0.5) is 10.3 Å². The maximum atomic E-state index is 13.8. The van der Waals surface area contributed by atoms with Gasteiger partial charge in [-0.2, -0.15) is 0 Å². The Labute approximate surface area is 172 Å². The van der Waals surface area contributed by atoms with Crippen molar-refractivity contribution in [2.75, 3.05) is 32.6 Å². The van der Waals surface area contributed by atoms with Gasteiger partial charge in [-0.1, -0.05) is 6.07 Å². The molecular formula is C20H24FN3O6. The van der Waals surface area contributed by atoms with Crippen LogP contribution in [0.1, 0.15) is 39.0 Å². The average Bonchev–Trinajstić information content (AvgIpc) is 2.97. The number of amides is 2. The maximum absolute atomic E-state index is 13.8. The van der Waals surface area contributed by atoms with E-state index < -0.39 is 23.6 Å². The van der Waals surface area contributed by atoms with Gasteiger partial charge in [-0.3, -0.25) is 19.8 Å². The van der Waals surface area contributed by atoms with E-state index in [4.69, 9.17) is 19.6 Å². The molecule has 10 heteroatoms. The molecular weight excluding hydrogens is 397 g/mol. The highest BCUT2D eigenvalue weighted by atomic mass is 19.1. The molecule has 0 bridgehead atoms. The first-order valence-corrected chi connectivity index (χ1v) is 9.09. The molecule has 0 aliphatic rings. The van der Waals surface area contributed by atoms with Crippen molar-refractivity contribution in [3.63, 3.8) is 0 Å². The number of halogens is 1. The molecule has 162 valence electrons. The summed E-state index contributed by atoms with van der Waals surface area (Å²) in [5, 5.41) is 2.45. The summed E-state index contributed by atoms with van der Waals surface area (Å²) in [6.07, 6.45) is 0. The number of esters is 1. The molecule has 0 atom stereocenters. The van der Waals surface area contributed by atoms with Crippen molar-refractivity contribution in [2.24, 2.45) is 5.73 Å². The van der Waals surface area contributed by atoms with Crippen molar-refractivity contribution in [3.05, 3.63) is 46.5 Å². The Kier molecular flexibility index (Phi) is 7.54. The molecule has 9 nitrogen and oxygen atoms in total. The average molecular weight is 421 g/mol. The van der Waals surface area contributed by atoms with Gasteiger partial charge in [0.15, 0.2) is 11.6 Å². The van der Waals surface area contributed by atoms with E-state index in [2.05, 4.69) is 5.32 Å². The molecule has 0 radical (unpaired) electrons. The third kappa shape index (κ3) is 5.35. The number of ether oxygens (including phenoxy) is 2. The second kappa shape index (κ2) is 9.88. The summed E-state index contributed by atoms with van der Waals surface area (Å²) in [5.74, 6) is -2.73. The quantitative estimate of drug-likeness (QED) is 0.594. The zero-order chi connectivity index (χ0) is 22.4. The van der Waals surface area contributed by atoms with E-state index in [-0.39, 0.29) is 48.2 Å². The third-order valence-electron chi connectivity index (χ3n) is 4.15. The van der Waals surface area contributed by atoms with Crippen molar-refractivity contribution in [2.45, 2.75) is 20.4 Å². The van der Waals surface area contributed by atoms with E-state index in [0.717, 1.165) is 0 Å². The van der Waals surface area contributed by atoms with Crippen LogP contribution < -0.4 is 15.8 Å². The summed E-state index contributed by atoms with van der Waals surface area (Å²) >= 11 is 0. The highest BCUT2D eigenvalue weighted by Gasteiger charge is 2.29. The van der Waals surface area contributed by atoms with E-state index in [9.17, 15) is 18.8 Å². The van der Waals surface area contributed by atoms with Crippen molar-refractivity contribution >= 4 is 23.7 Å². The fraction of sp³-hybridized carbons (Fsp3) is 0.350. The highest BCUT2D eigenvalue weighted by Crippen LogP contribution is 2.27. The van der Waals surface area contributed by atoms with Gasteiger partial charge >= 0.3 is 5.97 Å². The summed E-state index contributed by atoms with van der Waals surface area (Å²) in [6, 6.07) is 4.50. The van der Waals surface area contributed by atoms with E-state index in [1.54, 1.807) is 24.9 Å². The zero-order valence-corrected chi connectivity index (χ0v) is 17.2. The summed E-state index contributed by atoms with van der Waals surface area (Å²) in [7, 11) is 3.03. The number of nitrogens with zero attached hydrogens (tertiary/aromatic N) is 1. The minimum Gasteiger partial charge on any atom is -0.494 e. The van der Waals surface area contributed by atoms with Crippen LogP contribution in [0.3, 0.4) is 0 Å². The fourth-order valence-electron chi connectivity index (χ4n) is 2.90. The molecule has 0 unspecified atom stereocenters. The summed E-state index contributed by atoms with van der Waals surface area (Å²) in [5.41, 5.74) is 5.63. The molecule has 30 heavy (non-hydrogen) atoms. The molecule has 3 N–H and O–H groups in total. The van der Waals surface area contributed by atoms with Crippen LogP contribution >= 0.6 is 0 Å². The maximum Gasteiger partial charge on any atom is 0.342 e. The van der Waals surface area contributed by atoms with Crippen molar-refractivity contribution in [1.82, 2.24) is 4.90 Å². The summed E-state index contributed by atoms with van der Waals surface area (Å²) < 4.78 is 29.0. The number of carbonyl (C=O) groups excluding carboxylic acids is 3. The van der Waals surface area contributed by atoms with Gasteiger partial charge in [0.25, 0.3) is 5.91 Å². The molecule has 2 rings (SSSR count). The zero-order valence-electron chi connectivity index (χ0n) is 17.2. The molecule has 2 aromatic rings. The highest BCUT2D eigenvalue weighted by molar-refractivity contribution is 6.10. The molecule has 2 amide bonds. The predicted octanol–water partition coefficient (Wildman–Crippen LogP) is 2.08. The molecule has 0 spiro atoms. The van der Waals surface area contributed by atoms with Crippen LogP contribution in [0.5, 0.6) is 5.75 Å². The van der Waals surface area contributed by atoms with E-state index in [1.165, 1.54) is 26.2 Å². The first kappa shape index (κ1) is 22.9. The smallest absolute Gasteiger partial charge is 0.342 e. The van der Waals surface area contributed by atoms with E-state index >= 15 is 0 Å². The predicted molar refractivity (Wildman–Crippen MR) is 106 cm³/mol. The Morgan fingerprint density at radius 1 is 1.27 bits per heavy atom. The Morgan fingerprint density at radius 2 is 1.97 bits per heavy atom. The van der Waals surface area contributed by atoms with Crippen LogP contribution in [-0.2, 0) is 16.1 Å². The fourth-order valence-corrected chi connectivity index (χ4v) is 2.90. The Hall–Kier alpha value is -3.40. The number of likely N-dealkylation sites (N-methyl/N-ethyl adjacent to an activating group) is 1. The Morgan fingerprint density at radius 3 is 2.53 bits per heavy atom. The lowest BCUT2D eigenvalue weighted by Crippen LogP contribution is -2.30. The lowest BCUT2D eigenvalue weighted by Gasteiger charge is -2.16. The van der Waals surface area contributed by atoms with Gasteiger partial charge < -0.3 is 19.6 Å². The largest absolute Gasteiger partial charge is 0.494 e. The number of carbonyl (C=O) groups is 3. The van der Waals surface area contributed by atoms with E-state index in [1.807, 2.05) is 0 Å². The number of nitrogens with one attached hydrogen (secondary N) is 1. The summed E-state index contributed by atoms with van der Waals surface area (Å²) in [4.78, 5) is 38.0. The first-order chi connectivity index (χ1) is 14.2. The number of rotatable bonds is 9. The Balaban J connectivity index is 2.10. The molecule has 0 aliphatic carbocycles. The van der Waals surface area contributed by atoms with Crippen molar-refractivity contribution in [3.8, 4) is 5.75 Å². The number of anilines is 1. The first-order valence-electron chi connectivity index (χ1n) is 9.09. The topological polar surface area (TPSA) is 124 Å². The minimum atomic E-state index is -0.938. The lowest BCUT2D eigenvalue weighted by atomic mass is 10.1. The van der Waals surface area contributed by atoms with Gasteiger partial charge in [-0.15, -0.1) is 0 Å². The van der Waals surface area contributed by atoms with Crippen molar-refractivity contribution < 1.29 is 32.7 Å². The number of methoxy groups -OCH3 is 1. The number of hydrogen-bond donors (Lipinski definition) is 2. The molecule has 0 fully saturated rings. The number of nitrogens with two attached hydrogens (primary N) is 1. The number of benzene rings is 1. The number of furan rings is 1. The molecule has 1 aromatic heterocycles. The molecule has 1 aromatic carbocycles. The number of primary amides is 1. The standard InChI is InChI=1S/C20H24FN3O6/c1-5-29-20(27)16-11(2)30-19(17(16)18(22)26)23-15(25)10-24(3)9-12-6-7-14(28-4)13(21)8-12/h6-8H,5,9-10H2,1-4H3,(H2,22,26)(H,23,25). The van der Waals surface area contributed by atoms with Crippen LogP contribution in [0.15, 0.2) is 22.6 Å².